The molecule has 0 bridgehead atoms. The fraction of sp³-hybridized carbons (Fsp3) is 0.500. The summed E-state index contributed by atoms with van der Waals surface area (Å²) >= 11 is 0. The van der Waals surface area contributed by atoms with Crippen LogP contribution in [-0.2, 0) is 9.84 Å². The summed E-state index contributed by atoms with van der Waals surface area (Å²) in [4.78, 5) is 0.467. The van der Waals surface area contributed by atoms with Crippen LogP contribution in [0.5, 0.6) is 0 Å². The summed E-state index contributed by atoms with van der Waals surface area (Å²) in [7, 11) is -3.07. The average Bonchev–Trinajstić information content (AvgIpc) is 2.17. The Morgan fingerprint density at radius 3 is 2.27 bits per heavy atom. The summed E-state index contributed by atoms with van der Waals surface area (Å²) < 4.78 is 23.4. The molecule has 0 saturated heterocycles. The largest absolute Gasteiger partial charge is 0.224 e. The maximum absolute atomic E-state index is 11.7. The second-order valence-corrected chi connectivity index (χ2v) is 6.33. The summed E-state index contributed by atoms with van der Waals surface area (Å²) in [5, 5.41) is 0. The van der Waals surface area contributed by atoms with Crippen molar-refractivity contribution >= 4 is 9.84 Å². The highest BCUT2D eigenvalue weighted by Crippen LogP contribution is 2.22. The number of hydrogen-bond acceptors (Lipinski definition) is 2. The number of rotatable bonds is 3. The van der Waals surface area contributed by atoms with Crippen LogP contribution in [-0.4, -0.2) is 14.2 Å². The Bertz CT molecular complexity index is 445. The third kappa shape index (κ3) is 2.59. The Hall–Kier alpha value is -0.830. The standard InChI is InChI=1S/C12H18O2S/c1-5-15(13,14)12-7-6-11(9(2)3)8-10(12)4/h6-9H,5H2,1-4H3. The van der Waals surface area contributed by atoms with Crippen molar-refractivity contribution in [3.63, 3.8) is 0 Å². The molecule has 0 aliphatic carbocycles. The van der Waals surface area contributed by atoms with Gasteiger partial charge in [-0.25, -0.2) is 8.42 Å². The second kappa shape index (κ2) is 4.35. The lowest BCUT2D eigenvalue weighted by Crippen LogP contribution is -2.06. The summed E-state index contributed by atoms with van der Waals surface area (Å²) in [6.45, 7) is 7.73. The number of aryl methyl sites for hydroxylation is 1. The fourth-order valence-corrected chi connectivity index (χ4v) is 2.67. The first-order chi connectivity index (χ1) is 6.88. The van der Waals surface area contributed by atoms with E-state index in [4.69, 9.17) is 0 Å². The Labute approximate surface area is 92.2 Å². The molecule has 0 amide bonds. The molecule has 0 unspecified atom stereocenters. The van der Waals surface area contributed by atoms with Crippen LogP contribution in [0.2, 0.25) is 0 Å². The summed E-state index contributed by atoms with van der Waals surface area (Å²) in [5.41, 5.74) is 2.03. The van der Waals surface area contributed by atoms with Crippen LogP contribution < -0.4 is 0 Å². The van der Waals surface area contributed by atoms with Gasteiger partial charge in [0.1, 0.15) is 0 Å². The van der Waals surface area contributed by atoms with Gasteiger partial charge in [-0.1, -0.05) is 32.9 Å². The SMILES string of the molecule is CCS(=O)(=O)c1ccc(C(C)C)cc1C. The van der Waals surface area contributed by atoms with Gasteiger partial charge in [0.25, 0.3) is 0 Å². The monoisotopic (exact) mass is 226 g/mol. The molecule has 0 heterocycles. The Kier molecular flexibility index (Phi) is 3.55. The zero-order valence-electron chi connectivity index (χ0n) is 9.74. The molecule has 0 fully saturated rings. The highest BCUT2D eigenvalue weighted by molar-refractivity contribution is 7.91. The molecular weight excluding hydrogens is 208 g/mol. The van der Waals surface area contributed by atoms with Crippen molar-refractivity contribution in [2.75, 3.05) is 5.75 Å². The molecule has 3 heteroatoms. The first-order valence-corrected chi connectivity index (χ1v) is 6.87. The molecule has 0 radical (unpaired) electrons. The minimum atomic E-state index is -3.07. The Morgan fingerprint density at radius 2 is 1.87 bits per heavy atom. The van der Waals surface area contributed by atoms with Crippen LogP contribution >= 0.6 is 0 Å². The summed E-state index contributed by atoms with van der Waals surface area (Å²) in [6.07, 6.45) is 0. The molecule has 15 heavy (non-hydrogen) atoms. The molecule has 0 N–H and O–H groups in total. The van der Waals surface area contributed by atoms with Crippen molar-refractivity contribution in [2.24, 2.45) is 0 Å². The predicted molar refractivity (Wildman–Crippen MR) is 63.0 cm³/mol. The van der Waals surface area contributed by atoms with Crippen molar-refractivity contribution in [3.05, 3.63) is 29.3 Å². The van der Waals surface area contributed by atoms with Crippen LogP contribution in [0.4, 0.5) is 0 Å². The van der Waals surface area contributed by atoms with Gasteiger partial charge in [-0.3, -0.25) is 0 Å². The van der Waals surface area contributed by atoms with Gasteiger partial charge in [0.05, 0.1) is 10.6 Å². The van der Waals surface area contributed by atoms with E-state index in [0.29, 0.717) is 10.8 Å². The lowest BCUT2D eigenvalue weighted by molar-refractivity contribution is 0.596. The normalized spacial score (nSPS) is 12.1. The molecule has 0 saturated carbocycles. The van der Waals surface area contributed by atoms with E-state index < -0.39 is 9.84 Å². The number of benzene rings is 1. The Balaban J connectivity index is 3.26. The molecule has 84 valence electrons. The highest BCUT2D eigenvalue weighted by atomic mass is 32.2. The minimum absolute atomic E-state index is 0.162. The van der Waals surface area contributed by atoms with E-state index in [9.17, 15) is 8.42 Å². The van der Waals surface area contributed by atoms with Gasteiger partial charge >= 0.3 is 0 Å². The summed E-state index contributed by atoms with van der Waals surface area (Å²) in [5.74, 6) is 0.594. The molecule has 0 aromatic heterocycles. The molecule has 0 spiro atoms. The zero-order valence-corrected chi connectivity index (χ0v) is 10.6. The van der Waals surface area contributed by atoms with Crippen molar-refractivity contribution in [3.8, 4) is 0 Å². The van der Waals surface area contributed by atoms with Crippen molar-refractivity contribution in [1.82, 2.24) is 0 Å². The van der Waals surface area contributed by atoms with Gasteiger partial charge in [-0.2, -0.15) is 0 Å². The van der Waals surface area contributed by atoms with E-state index in [2.05, 4.69) is 13.8 Å². The van der Waals surface area contributed by atoms with Crippen LogP contribution in [0, 0.1) is 6.92 Å². The summed E-state index contributed by atoms with van der Waals surface area (Å²) in [6, 6.07) is 5.59. The van der Waals surface area contributed by atoms with Crippen molar-refractivity contribution in [1.29, 1.82) is 0 Å². The number of hydrogen-bond donors (Lipinski definition) is 0. The van der Waals surface area contributed by atoms with Gasteiger partial charge < -0.3 is 0 Å². The average molecular weight is 226 g/mol. The van der Waals surface area contributed by atoms with Crippen LogP contribution in [0.1, 0.15) is 37.8 Å². The highest BCUT2D eigenvalue weighted by Gasteiger charge is 2.14. The molecule has 0 aliphatic rings. The van der Waals surface area contributed by atoms with E-state index >= 15 is 0 Å². The van der Waals surface area contributed by atoms with Crippen molar-refractivity contribution < 1.29 is 8.42 Å². The van der Waals surface area contributed by atoms with Crippen LogP contribution in [0.3, 0.4) is 0 Å². The molecule has 1 aromatic rings. The topological polar surface area (TPSA) is 34.1 Å². The Morgan fingerprint density at radius 1 is 1.27 bits per heavy atom. The molecule has 0 atom stereocenters. The molecular formula is C12H18O2S. The van der Waals surface area contributed by atoms with Crippen LogP contribution in [0.15, 0.2) is 23.1 Å². The van der Waals surface area contributed by atoms with Gasteiger partial charge in [-0.15, -0.1) is 0 Å². The van der Waals surface area contributed by atoms with E-state index in [-0.39, 0.29) is 5.75 Å². The lowest BCUT2D eigenvalue weighted by Gasteiger charge is -2.10. The van der Waals surface area contributed by atoms with Gasteiger partial charge in [0.15, 0.2) is 9.84 Å². The van der Waals surface area contributed by atoms with E-state index in [0.717, 1.165) is 5.56 Å². The van der Waals surface area contributed by atoms with E-state index in [1.54, 1.807) is 13.0 Å². The maximum Gasteiger partial charge on any atom is 0.178 e. The third-order valence-corrected chi connectivity index (χ3v) is 4.47. The fourth-order valence-electron chi connectivity index (χ4n) is 1.54. The zero-order chi connectivity index (χ0) is 11.6. The molecule has 0 aliphatic heterocycles. The molecule has 2 nitrogen and oxygen atoms in total. The quantitative estimate of drug-likeness (QED) is 0.794. The lowest BCUT2D eigenvalue weighted by atomic mass is 10.0. The molecule has 1 rings (SSSR count). The molecule has 1 aromatic carbocycles. The number of sulfone groups is 1. The second-order valence-electron chi connectivity index (χ2n) is 4.08. The van der Waals surface area contributed by atoms with Gasteiger partial charge in [0.2, 0.25) is 0 Å². The predicted octanol–water partition coefficient (Wildman–Crippen LogP) is 2.91. The third-order valence-electron chi connectivity index (χ3n) is 2.58. The van der Waals surface area contributed by atoms with Crippen molar-refractivity contribution in [2.45, 2.75) is 38.5 Å². The van der Waals surface area contributed by atoms with Crippen LogP contribution in [0.25, 0.3) is 0 Å². The van der Waals surface area contributed by atoms with E-state index in [1.807, 2.05) is 19.1 Å². The van der Waals surface area contributed by atoms with Gasteiger partial charge in [-0.05, 0) is 30.0 Å². The minimum Gasteiger partial charge on any atom is -0.224 e. The smallest absolute Gasteiger partial charge is 0.178 e. The van der Waals surface area contributed by atoms with E-state index in [1.165, 1.54) is 5.56 Å². The first kappa shape index (κ1) is 12.2. The van der Waals surface area contributed by atoms with Gasteiger partial charge in [0, 0.05) is 0 Å². The maximum atomic E-state index is 11.7. The first-order valence-electron chi connectivity index (χ1n) is 5.21.